The van der Waals surface area contributed by atoms with Gasteiger partial charge in [-0.05, 0) is 117 Å². The largest absolute Gasteiger partial charge is 0.465 e. The fraction of sp³-hybridized carbons (Fsp3) is 0.833. The molecule has 5 aliphatic rings. The summed E-state index contributed by atoms with van der Waals surface area (Å²) < 4.78 is 17.0. The van der Waals surface area contributed by atoms with Gasteiger partial charge in [0.1, 0.15) is 12.7 Å². The van der Waals surface area contributed by atoms with Gasteiger partial charge in [0.05, 0.1) is 5.41 Å². The Balaban J connectivity index is 1.53. The van der Waals surface area contributed by atoms with E-state index in [1.165, 1.54) is 20.8 Å². The number of allylic oxidation sites excluding steroid dienone is 1. The van der Waals surface area contributed by atoms with E-state index in [9.17, 15) is 19.2 Å². The minimum absolute atomic E-state index is 0.00193. The Morgan fingerprint density at radius 3 is 2.02 bits per heavy atom. The molecule has 240 valence electrons. The smallest absolute Gasteiger partial charge is 0.320 e. The second-order valence-electron chi connectivity index (χ2n) is 16.1. The van der Waals surface area contributed by atoms with Gasteiger partial charge in [-0.2, -0.15) is 0 Å². The van der Waals surface area contributed by atoms with Gasteiger partial charge < -0.3 is 14.2 Å². The van der Waals surface area contributed by atoms with E-state index >= 15 is 0 Å². The molecule has 0 saturated heterocycles. The molecule has 0 heterocycles. The molecular formula is C36H54O7. The molecule has 0 aliphatic heterocycles. The van der Waals surface area contributed by atoms with Crippen LogP contribution in [0, 0.1) is 56.7 Å². The van der Waals surface area contributed by atoms with Crippen LogP contribution in [0.5, 0.6) is 0 Å². The molecule has 0 aromatic carbocycles. The second kappa shape index (κ2) is 10.7. The van der Waals surface area contributed by atoms with Gasteiger partial charge in [-0.15, -0.1) is 0 Å². The van der Waals surface area contributed by atoms with E-state index in [0.717, 1.165) is 69.8 Å². The maximum atomic E-state index is 13.7. The number of carbonyl (C=O) groups excluding carboxylic acids is 4. The molecule has 0 N–H and O–H groups in total. The van der Waals surface area contributed by atoms with Gasteiger partial charge in [0.2, 0.25) is 0 Å². The molecule has 0 spiro atoms. The van der Waals surface area contributed by atoms with Gasteiger partial charge in [0.25, 0.3) is 0 Å². The van der Waals surface area contributed by atoms with Crippen molar-refractivity contribution in [1.29, 1.82) is 0 Å². The first-order valence-electron chi connectivity index (χ1n) is 16.6. The Labute approximate surface area is 258 Å². The zero-order valence-electron chi connectivity index (χ0n) is 27.8. The van der Waals surface area contributed by atoms with Crippen LogP contribution in [-0.2, 0) is 33.4 Å². The lowest BCUT2D eigenvalue weighted by Crippen LogP contribution is -2.68. The summed E-state index contributed by atoms with van der Waals surface area (Å²) >= 11 is 0. The van der Waals surface area contributed by atoms with Gasteiger partial charge in [-0.25, -0.2) is 0 Å². The number of ether oxygens (including phenoxy) is 3. The summed E-state index contributed by atoms with van der Waals surface area (Å²) in [7, 11) is 0. The van der Waals surface area contributed by atoms with E-state index in [0.29, 0.717) is 11.8 Å². The molecule has 7 heteroatoms. The monoisotopic (exact) mass is 598 g/mol. The summed E-state index contributed by atoms with van der Waals surface area (Å²) in [5.41, 5.74) is 0.132. The predicted octanol–water partition coefficient (Wildman–Crippen LogP) is 7.21. The van der Waals surface area contributed by atoms with Crippen molar-refractivity contribution in [2.45, 2.75) is 126 Å². The van der Waals surface area contributed by atoms with Crippen LogP contribution < -0.4 is 0 Å². The van der Waals surface area contributed by atoms with Crippen molar-refractivity contribution in [2.24, 2.45) is 56.7 Å². The Kier molecular flexibility index (Phi) is 8.03. The molecule has 5 fully saturated rings. The number of hydrogen-bond donors (Lipinski definition) is 0. The first-order chi connectivity index (χ1) is 20.0. The minimum atomic E-state index is -0.617. The number of carbonyl (C=O) groups is 4. The Bertz CT molecular complexity index is 1210. The van der Waals surface area contributed by atoms with Gasteiger partial charge in [0, 0.05) is 26.2 Å². The van der Waals surface area contributed by atoms with Crippen molar-refractivity contribution in [2.75, 3.05) is 6.61 Å². The van der Waals surface area contributed by atoms with Gasteiger partial charge >= 0.3 is 23.9 Å². The first-order valence-corrected chi connectivity index (χ1v) is 16.6. The van der Waals surface area contributed by atoms with E-state index in [1.807, 2.05) is 0 Å². The van der Waals surface area contributed by atoms with Crippen LogP contribution in [0.3, 0.4) is 0 Å². The van der Waals surface area contributed by atoms with Crippen LogP contribution in [0.15, 0.2) is 12.2 Å². The van der Waals surface area contributed by atoms with Crippen LogP contribution >= 0.6 is 0 Å². The number of esters is 4. The highest BCUT2D eigenvalue weighted by Crippen LogP contribution is 2.77. The summed E-state index contributed by atoms with van der Waals surface area (Å²) in [6, 6.07) is 0. The zero-order valence-corrected chi connectivity index (χ0v) is 27.8. The average Bonchev–Trinajstić information content (AvgIpc) is 3.31. The van der Waals surface area contributed by atoms with Crippen molar-refractivity contribution in [3.63, 3.8) is 0 Å². The van der Waals surface area contributed by atoms with E-state index in [2.05, 4.69) is 41.2 Å². The molecule has 0 amide bonds. The summed E-state index contributed by atoms with van der Waals surface area (Å²) in [4.78, 5) is 49.8. The van der Waals surface area contributed by atoms with Gasteiger partial charge in [-0.1, -0.05) is 39.8 Å². The third-order valence-electron chi connectivity index (χ3n) is 14.3. The third-order valence-corrected chi connectivity index (χ3v) is 14.3. The van der Waals surface area contributed by atoms with Crippen LogP contribution in [0.1, 0.15) is 120 Å². The van der Waals surface area contributed by atoms with Gasteiger partial charge in [-0.3, -0.25) is 19.2 Å². The molecule has 0 aromatic rings. The quantitative estimate of drug-likeness (QED) is 0.143. The zero-order chi connectivity index (χ0) is 31.8. The number of hydrogen-bond acceptors (Lipinski definition) is 7. The number of rotatable bonds is 5. The van der Waals surface area contributed by atoms with Crippen molar-refractivity contribution in [3.8, 4) is 0 Å². The Hall–Kier alpha value is -2.18. The Morgan fingerprint density at radius 1 is 0.721 bits per heavy atom. The lowest BCUT2D eigenvalue weighted by Gasteiger charge is -2.72. The van der Waals surface area contributed by atoms with Gasteiger partial charge in [0.15, 0.2) is 0 Å². The molecule has 0 radical (unpaired) electrons. The van der Waals surface area contributed by atoms with E-state index in [1.54, 1.807) is 0 Å². The minimum Gasteiger partial charge on any atom is -0.465 e. The number of fused-ring (bicyclic) bond motifs is 7. The van der Waals surface area contributed by atoms with E-state index in [4.69, 9.17) is 14.2 Å². The van der Waals surface area contributed by atoms with Crippen LogP contribution in [0.2, 0.25) is 0 Å². The molecule has 0 bridgehead atoms. The summed E-state index contributed by atoms with van der Waals surface area (Å²) in [5, 5.41) is 0. The fourth-order valence-corrected chi connectivity index (χ4v) is 12.4. The second-order valence-corrected chi connectivity index (χ2v) is 16.1. The molecule has 5 saturated carbocycles. The highest BCUT2D eigenvalue weighted by atomic mass is 16.6. The first kappa shape index (κ1) is 32.2. The summed E-state index contributed by atoms with van der Waals surface area (Å²) in [5.74, 6) is 0.00799. The molecule has 7 nitrogen and oxygen atoms in total. The molecule has 5 rings (SSSR count). The van der Waals surface area contributed by atoms with Crippen molar-refractivity contribution < 1.29 is 33.4 Å². The fourth-order valence-electron chi connectivity index (χ4n) is 12.4. The third kappa shape index (κ3) is 4.64. The van der Waals surface area contributed by atoms with Crippen LogP contribution in [0.25, 0.3) is 0 Å². The molecule has 43 heavy (non-hydrogen) atoms. The normalized spacial score (nSPS) is 46.7. The molecular weight excluding hydrogens is 544 g/mol. The maximum Gasteiger partial charge on any atom is 0.320 e. The molecule has 5 aliphatic carbocycles. The van der Waals surface area contributed by atoms with E-state index < -0.39 is 16.8 Å². The SMILES string of the molecule is C=C(C)C1CC[C@]2(C(=O)OC(C)=O)CC[C@]3(C)C(CCC4[C@@]5(C)CC[C@H](OC(C)=O)[C@@](C)(COC(C)=O)C5CC[C@]43C)C12. The average molecular weight is 599 g/mol. The lowest BCUT2D eigenvalue weighted by molar-refractivity contribution is -0.257. The molecule has 0 aromatic heterocycles. The molecule has 5 unspecified atom stereocenters. The topological polar surface area (TPSA) is 96.0 Å². The molecule has 11 atom stereocenters. The highest BCUT2D eigenvalue weighted by Gasteiger charge is 2.72. The standard InChI is InChI=1S/C36H54O7/c1-21(2)25-12-17-36(31(40)43-24(5)39)19-18-34(8)26(30(25)36)10-11-28-32(6)15-14-29(42-23(4)38)33(7,20-41-22(3)37)27(32)13-16-35(28,34)9/h25-30H,1,10-20H2,2-9H3/t25?,26?,27?,28?,29-,30?,32-,33-,34+,35+,36-/m0/s1. The van der Waals surface area contributed by atoms with Crippen LogP contribution in [0.4, 0.5) is 0 Å². The summed E-state index contributed by atoms with van der Waals surface area (Å²) in [6.45, 7) is 20.7. The predicted molar refractivity (Wildman–Crippen MR) is 162 cm³/mol. The van der Waals surface area contributed by atoms with Crippen LogP contribution in [-0.4, -0.2) is 36.6 Å². The summed E-state index contributed by atoms with van der Waals surface area (Å²) in [6.07, 6.45) is 8.97. The van der Waals surface area contributed by atoms with Crippen molar-refractivity contribution >= 4 is 23.9 Å². The lowest BCUT2D eigenvalue weighted by atomic mass is 9.32. The Morgan fingerprint density at radius 2 is 1.42 bits per heavy atom. The van der Waals surface area contributed by atoms with Crippen molar-refractivity contribution in [3.05, 3.63) is 12.2 Å². The van der Waals surface area contributed by atoms with E-state index in [-0.39, 0.29) is 64.6 Å². The van der Waals surface area contributed by atoms with Crippen molar-refractivity contribution in [1.82, 2.24) is 0 Å². The highest BCUT2D eigenvalue weighted by molar-refractivity contribution is 5.88. The maximum absolute atomic E-state index is 13.7.